The summed E-state index contributed by atoms with van der Waals surface area (Å²) in [4.78, 5) is 11.2. The van der Waals surface area contributed by atoms with Gasteiger partial charge in [-0.25, -0.2) is 0 Å². The number of hydrogen-bond acceptors (Lipinski definition) is 1. The van der Waals surface area contributed by atoms with Crippen molar-refractivity contribution in [2.75, 3.05) is 0 Å². The summed E-state index contributed by atoms with van der Waals surface area (Å²) in [6.45, 7) is 8.67. The Morgan fingerprint density at radius 2 is 1.64 bits per heavy atom. The van der Waals surface area contributed by atoms with E-state index in [1.165, 1.54) is 19.3 Å². The van der Waals surface area contributed by atoms with Crippen molar-refractivity contribution >= 4 is 5.78 Å². The van der Waals surface area contributed by atoms with Gasteiger partial charge in [0.1, 0.15) is 5.78 Å². The van der Waals surface area contributed by atoms with E-state index >= 15 is 0 Å². The molecule has 0 unspecified atom stereocenters. The molecule has 0 heterocycles. The SMILES string of the molecule is CC(=O)C1CCC(CC(C)(C)C)CC1. The average Bonchev–Trinajstić information content (AvgIpc) is 2.02. The Morgan fingerprint density at radius 1 is 1.14 bits per heavy atom. The molecule has 1 nitrogen and oxygen atoms in total. The minimum absolute atomic E-state index is 0.381. The van der Waals surface area contributed by atoms with Crippen LogP contribution in [-0.4, -0.2) is 5.78 Å². The molecule has 0 bridgehead atoms. The Morgan fingerprint density at radius 3 is 2.00 bits per heavy atom. The fourth-order valence-electron chi connectivity index (χ4n) is 2.64. The Hall–Kier alpha value is -0.330. The Kier molecular flexibility index (Phi) is 3.74. The van der Waals surface area contributed by atoms with Gasteiger partial charge in [-0.15, -0.1) is 0 Å². The second kappa shape index (κ2) is 4.46. The monoisotopic (exact) mass is 196 g/mol. The number of Topliss-reactive ketones (excluding diaryl/α,β-unsaturated/α-hetero) is 1. The van der Waals surface area contributed by atoms with Gasteiger partial charge in [-0.05, 0) is 50.4 Å². The zero-order valence-corrected chi connectivity index (χ0v) is 10.1. The lowest BCUT2D eigenvalue weighted by Gasteiger charge is -2.31. The van der Waals surface area contributed by atoms with Crippen molar-refractivity contribution in [3.63, 3.8) is 0 Å². The summed E-state index contributed by atoms with van der Waals surface area (Å²) in [6, 6.07) is 0. The van der Waals surface area contributed by atoms with Crippen molar-refractivity contribution in [2.45, 2.75) is 59.8 Å². The summed E-state index contributed by atoms with van der Waals surface area (Å²) in [5.41, 5.74) is 0.452. The highest BCUT2D eigenvalue weighted by Crippen LogP contribution is 2.36. The van der Waals surface area contributed by atoms with Crippen molar-refractivity contribution in [1.29, 1.82) is 0 Å². The van der Waals surface area contributed by atoms with Crippen molar-refractivity contribution in [2.24, 2.45) is 17.3 Å². The van der Waals surface area contributed by atoms with Gasteiger partial charge in [0.25, 0.3) is 0 Å². The molecule has 82 valence electrons. The van der Waals surface area contributed by atoms with Crippen LogP contribution in [0.1, 0.15) is 59.8 Å². The zero-order chi connectivity index (χ0) is 10.8. The second-order valence-corrected chi connectivity index (χ2v) is 6.09. The molecule has 0 aliphatic heterocycles. The molecule has 0 aromatic rings. The lowest BCUT2D eigenvalue weighted by molar-refractivity contribution is -0.121. The maximum absolute atomic E-state index is 11.2. The van der Waals surface area contributed by atoms with Crippen LogP contribution in [0.2, 0.25) is 0 Å². The third-order valence-electron chi connectivity index (χ3n) is 3.32. The summed E-state index contributed by atoms with van der Waals surface area (Å²) < 4.78 is 0. The maximum Gasteiger partial charge on any atom is 0.132 e. The fraction of sp³-hybridized carbons (Fsp3) is 0.923. The highest BCUT2D eigenvalue weighted by atomic mass is 16.1. The van der Waals surface area contributed by atoms with E-state index in [9.17, 15) is 4.79 Å². The first-order valence-electron chi connectivity index (χ1n) is 5.89. The van der Waals surface area contributed by atoms with Crippen LogP contribution in [0.4, 0.5) is 0 Å². The van der Waals surface area contributed by atoms with E-state index in [0.717, 1.165) is 18.8 Å². The molecule has 14 heavy (non-hydrogen) atoms. The topological polar surface area (TPSA) is 17.1 Å². The van der Waals surface area contributed by atoms with Gasteiger partial charge in [-0.3, -0.25) is 4.79 Å². The van der Waals surface area contributed by atoms with E-state index in [1.807, 2.05) is 0 Å². The molecule has 0 aromatic heterocycles. The summed E-state index contributed by atoms with van der Waals surface area (Å²) in [5, 5.41) is 0. The molecule has 0 aromatic carbocycles. The predicted molar refractivity (Wildman–Crippen MR) is 60.2 cm³/mol. The molecule has 0 atom stereocenters. The summed E-state index contributed by atoms with van der Waals surface area (Å²) in [5.74, 6) is 1.65. The molecule has 0 radical (unpaired) electrons. The van der Waals surface area contributed by atoms with E-state index < -0.39 is 0 Å². The Bertz CT molecular complexity index is 192. The number of carbonyl (C=O) groups is 1. The molecule has 1 aliphatic carbocycles. The molecule has 1 rings (SSSR count). The van der Waals surface area contributed by atoms with Crippen molar-refractivity contribution < 1.29 is 4.79 Å². The molecule has 1 saturated carbocycles. The minimum Gasteiger partial charge on any atom is -0.300 e. The molecular weight excluding hydrogens is 172 g/mol. The van der Waals surface area contributed by atoms with E-state index in [-0.39, 0.29) is 0 Å². The van der Waals surface area contributed by atoms with Crippen molar-refractivity contribution in [1.82, 2.24) is 0 Å². The van der Waals surface area contributed by atoms with Crippen LogP contribution < -0.4 is 0 Å². The Labute approximate surface area is 88.3 Å². The van der Waals surface area contributed by atoms with Crippen molar-refractivity contribution in [3.8, 4) is 0 Å². The number of carbonyl (C=O) groups excluding carboxylic acids is 1. The Balaban J connectivity index is 2.33. The zero-order valence-electron chi connectivity index (χ0n) is 10.1. The van der Waals surface area contributed by atoms with Crippen LogP contribution in [0, 0.1) is 17.3 Å². The second-order valence-electron chi connectivity index (χ2n) is 6.09. The minimum atomic E-state index is 0.381. The fourth-order valence-corrected chi connectivity index (χ4v) is 2.64. The number of rotatable bonds is 2. The average molecular weight is 196 g/mol. The van der Waals surface area contributed by atoms with Crippen LogP contribution in [0.25, 0.3) is 0 Å². The molecule has 0 N–H and O–H groups in total. The molecule has 1 fully saturated rings. The molecular formula is C13H24O. The van der Waals surface area contributed by atoms with Crippen LogP contribution in [-0.2, 0) is 4.79 Å². The van der Waals surface area contributed by atoms with E-state index in [0.29, 0.717) is 17.1 Å². The van der Waals surface area contributed by atoms with Gasteiger partial charge >= 0.3 is 0 Å². The molecule has 1 heteroatoms. The smallest absolute Gasteiger partial charge is 0.132 e. The predicted octanol–water partition coefficient (Wildman–Crippen LogP) is 3.82. The quantitative estimate of drug-likeness (QED) is 0.656. The maximum atomic E-state index is 11.2. The normalized spacial score (nSPS) is 28.9. The van der Waals surface area contributed by atoms with Crippen LogP contribution in [0.3, 0.4) is 0 Å². The first kappa shape index (κ1) is 11.7. The van der Waals surface area contributed by atoms with Gasteiger partial charge in [0.15, 0.2) is 0 Å². The first-order chi connectivity index (χ1) is 6.38. The summed E-state index contributed by atoms with van der Waals surface area (Å²) in [6.07, 6.45) is 6.12. The van der Waals surface area contributed by atoms with Gasteiger partial charge in [-0.1, -0.05) is 20.8 Å². The van der Waals surface area contributed by atoms with Gasteiger partial charge in [-0.2, -0.15) is 0 Å². The molecule has 0 amide bonds. The number of hydrogen-bond donors (Lipinski definition) is 0. The van der Waals surface area contributed by atoms with Crippen LogP contribution >= 0.6 is 0 Å². The lowest BCUT2D eigenvalue weighted by atomic mass is 9.74. The summed E-state index contributed by atoms with van der Waals surface area (Å²) in [7, 11) is 0. The highest BCUT2D eigenvalue weighted by Gasteiger charge is 2.26. The van der Waals surface area contributed by atoms with Gasteiger partial charge in [0.2, 0.25) is 0 Å². The molecule has 0 spiro atoms. The van der Waals surface area contributed by atoms with E-state index in [1.54, 1.807) is 6.92 Å². The lowest BCUT2D eigenvalue weighted by Crippen LogP contribution is -2.22. The summed E-state index contributed by atoms with van der Waals surface area (Å²) >= 11 is 0. The van der Waals surface area contributed by atoms with E-state index in [4.69, 9.17) is 0 Å². The largest absolute Gasteiger partial charge is 0.300 e. The van der Waals surface area contributed by atoms with E-state index in [2.05, 4.69) is 20.8 Å². The highest BCUT2D eigenvalue weighted by molar-refractivity contribution is 5.78. The number of ketones is 1. The van der Waals surface area contributed by atoms with Crippen LogP contribution in [0.5, 0.6) is 0 Å². The first-order valence-corrected chi connectivity index (χ1v) is 5.89. The van der Waals surface area contributed by atoms with Gasteiger partial charge < -0.3 is 0 Å². The third kappa shape index (κ3) is 3.81. The molecule has 1 aliphatic rings. The van der Waals surface area contributed by atoms with Gasteiger partial charge in [0, 0.05) is 5.92 Å². The van der Waals surface area contributed by atoms with Gasteiger partial charge in [0.05, 0.1) is 0 Å². The third-order valence-corrected chi connectivity index (χ3v) is 3.32. The van der Waals surface area contributed by atoms with Crippen LogP contribution in [0.15, 0.2) is 0 Å². The van der Waals surface area contributed by atoms with Crippen molar-refractivity contribution in [3.05, 3.63) is 0 Å². The standard InChI is InChI=1S/C13H24O/c1-10(14)12-7-5-11(6-8-12)9-13(2,3)4/h11-12H,5-9H2,1-4H3. The molecule has 0 saturated heterocycles.